The molecule has 22 heavy (non-hydrogen) atoms. The second-order valence-corrected chi connectivity index (χ2v) is 5.19. The van der Waals surface area contributed by atoms with Crippen molar-refractivity contribution in [3.63, 3.8) is 0 Å². The van der Waals surface area contributed by atoms with E-state index in [1.165, 1.54) is 4.90 Å². The molecule has 0 spiro atoms. The van der Waals surface area contributed by atoms with Gasteiger partial charge in [0.15, 0.2) is 0 Å². The van der Waals surface area contributed by atoms with E-state index in [9.17, 15) is 9.59 Å². The molecule has 0 fully saturated rings. The summed E-state index contributed by atoms with van der Waals surface area (Å²) in [5.74, 6) is 0.821. The number of amides is 3. The minimum Gasteiger partial charge on any atom is -0.493 e. The molecule has 0 bridgehead atoms. The maximum Gasteiger partial charge on any atom is 0.316 e. The van der Waals surface area contributed by atoms with Gasteiger partial charge in [0.2, 0.25) is 5.91 Å². The van der Waals surface area contributed by atoms with Gasteiger partial charge in [-0.1, -0.05) is 18.2 Å². The maximum absolute atomic E-state index is 11.6. The van der Waals surface area contributed by atoms with Crippen LogP contribution in [0.15, 0.2) is 24.3 Å². The molecule has 6 heteroatoms. The first-order valence-electron chi connectivity index (χ1n) is 7.41. The van der Waals surface area contributed by atoms with E-state index in [4.69, 9.17) is 4.74 Å². The average molecular weight is 307 g/mol. The highest BCUT2D eigenvalue weighted by molar-refractivity contribution is 5.76. The number of para-hydroxylation sites is 1. The number of nitrogens with zero attached hydrogens (tertiary/aromatic N) is 1. The third-order valence-electron chi connectivity index (χ3n) is 3.03. The van der Waals surface area contributed by atoms with Crippen LogP contribution in [0.4, 0.5) is 4.79 Å². The zero-order valence-electron chi connectivity index (χ0n) is 13.5. The van der Waals surface area contributed by atoms with Gasteiger partial charge in [-0.05, 0) is 25.0 Å². The molecule has 0 aliphatic heterocycles. The number of carbonyl (C=O) groups is 2. The summed E-state index contributed by atoms with van der Waals surface area (Å²) >= 11 is 0. The van der Waals surface area contributed by atoms with Crippen LogP contribution in [-0.2, 0) is 4.79 Å². The third kappa shape index (κ3) is 6.97. The van der Waals surface area contributed by atoms with Crippen molar-refractivity contribution in [1.29, 1.82) is 0 Å². The lowest BCUT2D eigenvalue weighted by atomic mass is 10.2. The van der Waals surface area contributed by atoms with Crippen molar-refractivity contribution < 1.29 is 14.3 Å². The molecular formula is C16H25N3O3. The number of urea groups is 1. The molecule has 0 saturated carbocycles. The molecule has 0 heterocycles. The van der Waals surface area contributed by atoms with Gasteiger partial charge >= 0.3 is 6.03 Å². The Labute approximate surface area is 131 Å². The fourth-order valence-electron chi connectivity index (χ4n) is 1.75. The minimum absolute atomic E-state index is 0.0347. The number of benzene rings is 1. The van der Waals surface area contributed by atoms with Crippen LogP contribution in [0.1, 0.15) is 18.4 Å². The topological polar surface area (TPSA) is 70.7 Å². The number of hydrogen-bond acceptors (Lipinski definition) is 3. The van der Waals surface area contributed by atoms with E-state index in [-0.39, 0.29) is 11.9 Å². The van der Waals surface area contributed by atoms with Gasteiger partial charge in [-0.3, -0.25) is 4.79 Å². The number of rotatable bonds is 8. The zero-order valence-corrected chi connectivity index (χ0v) is 13.5. The van der Waals surface area contributed by atoms with Crippen LogP contribution in [0.25, 0.3) is 0 Å². The molecule has 1 aromatic rings. The Morgan fingerprint density at radius 2 is 1.82 bits per heavy atom. The van der Waals surface area contributed by atoms with Crippen molar-refractivity contribution in [2.45, 2.75) is 19.8 Å². The lowest BCUT2D eigenvalue weighted by molar-refractivity contribution is -0.121. The number of aryl methyl sites for hydroxylation is 1. The Balaban J connectivity index is 2.07. The molecule has 3 amide bonds. The summed E-state index contributed by atoms with van der Waals surface area (Å²) in [5, 5.41) is 5.44. The molecule has 0 aromatic heterocycles. The van der Waals surface area contributed by atoms with Gasteiger partial charge in [0.05, 0.1) is 6.61 Å². The van der Waals surface area contributed by atoms with E-state index >= 15 is 0 Å². The van der Waals surface area contributed by atoms with Crippen LogP contribution in [0.5, 0.6) is 5.75 Å². The highest BCUT2D eigenvalue weighted by atomic mass is 16.5. The first-order valence-corrected chi connectivity index (χ1v) is 7.41. The Morgan fingerprint density at radius 1 is 1.14 bits per heavy atom. The lowest BCUT2D eigenvalue weighted by Crippen LogP contribution is -2.39. The van der Waals surface area contributed by atoms with Crippen LogP contribution >= 0.6 is 0 Å². The Kier molecular flexibility index (Phi) is 7.81. The van der Waals surface area contributed by atoms with Crippen LogP contribution in [0, 0.1) is 6.92 Å². The van der Waals surface area contributed by atoms with Crippen LogP contribution in [-0.4, -0.2) is 50.6 Å². The molecule has 0 saturated heterocycles. The summed E-state index contributed by atoms with van der Waals surface area (Å²) in [6.45, 7) is 3.35. The van der Waals surface area contributed by atoms with Crippen molar-refractivity contribution in [1.82, 2.24) is 15.5 Å². The summed E-state index contributed by atoms with van der Waals surface area (Å²) in [6.07, 6.45) is 1.07. The molecule has 122 valence electrons. The first-order chi connectivity index (χ1) is 10.5. The van der Waals surface area contributed by atoms with Gasteiger partial charge < -0.3 is 20.3 Å². The average Bonchev–Trinajstić information content (AvgIpc) is 2.49. The number of ether oxygens (including phenoxy) is 1. The lowest BCUT2D eigenvalue weighted by Gasteiger charge is -2.12. The van der Waals surface area contributed by atoms with Crippen molar-refractivity contribution in [3.8, 4) is 5.75 Å². The van der Waals surface area contributed by atoms with Gasteiger partial charge in [0, 0.05) is 33.6 Å². The van der Waals surface area contributed by atoms with Crippen molar-refractivity contribution in [2.75, 3.05) is 33.8 Å². The Morgan fingerprint density at radius 3 is 2.50 bits per heavy atom. The normalized spacial score (nSPS) is 9.95. The molecule has 1 rings (SSSR count). The molecule has 0 aliphatic carbocycles. The second-order valence-electron chi connectivity index (χ2n) is 5.19. The maximum atomic E-state index is 11.6. The van der Waals surface area contributed by atoms with Gasteiger partial charge in [-0.15, -0.1) is 0 Å². The van der Waals surface area contributed by atoms with E-state index in [1.54, 1.807) is 14.1 Å². The van der Waals surface area contributed by atoms with E-state index in [0.717, 1.165) is 11.3 Å². The van der Waals surface area contributed by atoms with Crippen molar-refractivity contribution >= 4 is 11.9 Å². The minimum atomic E-state index is -0.166. The van der Waals surface area contributed by atoms with Crippen LogP contribution < -0.4 is 15.4 Å². The van der Waals surface area contributed by atoms with Gasteiger partial charge in [0.1, 0.15) is 5.75 Å². The van der Waals surface area contributed by atoms with Gasteiger partial charge in [0.25, 0.3) is 0 Å². The standard InChI is InChI=1S/C16H25N3O3/c1-13-7-4-5-8-14(13)22-12-6-9-15(20)17-10-11-18-16(21)19(2)3/h4-5,7-8H,6,9-12H2,1-3H3,(H,17,20)(H,18,21). The van der Waals surface area contributed by atoms with E-state index < -0.39 is 0 Å². The zero-order chi connectivity index (χ0) is 16.4. The summed E-state index contributed by atoms with van der Waals surface area (Å²) in [7, 11) is 3.34. The van der Waals surface area contributed by atoms with E-state index in [0.29, 0.717) is 32.5 Å². The quantitative estimate of drug-likeness (QED) is 0.716. The molecule has 0 radical (unpaired) electrons. The molecule has 2 N–H and O–H groups in total. The summed E-state index contributed by atoms with van der Waals surface area (Å²) in [4.78, 5) is 24.3. The number of carbonyl (C=O) groups excluding carboxylic acids is 2. The van der Waals surface area contributed by atoms with Gasteiger partial charge in [-0.25, -0.2) is 4.79 Å². The van der Waals surface area contributed by atoms with E-state index in [1.807, 2.05) is 31.2 Å². The monoisotopic (exact) mass is 307 g/mol. The van der Waals surface area contributed by atoms with Crippen molar-refractivity contribution in [3.05, 3.63) is 29.8 Å². The SMILES string of the molecule is Cc1ccccc1OCCCC(=O)NCCNC(=O)N(C)C. The number of nitrogens with one attached hydrogen (secondary N) is 2. The van der Waals surface area contributed by atoms with Crippen LogP contribution in [0.2, 0.25) is 0 Å². The highest BCUT2D eigenvalue weighted by Gasteiger charge is 2.04. The first kappa shape index (κ1) is 17.8. The number of hydrogen-bond donors (Lipinski definition) is 2. The van der Waals surface area contributed by atoms with E-state index in [2.05, 4.69) is 10.6 Å². The summed E-state index contributed by atoms with van der Waals surface area (Å²) in [5.41, 5.74) is 1.09. The molecular weight excluding hydrogens is 282 g/mol. The third-order valence-corrected chi connectivity index (χ3v) is 3.03. The van der Waals surface area contributed by atoms with Gasteiger partial charge in [-0.2, -0.15) is 0 Å². The largest absolute Gasteiger partial charge is 0.493 e. The second kappa shape index (κ2) is 9.65. The predicted molar refractivity (Wildman–Crippen MR) is 86.0 cm³/mol. The summed E-state index contributed by atoms with van der Waals surface area (Å²) in [6, 6.07) is 7.63. The molecule has 6 nitrogen and oxygen atoms in total. The molecule has 0 aliphatic rings. The van der Waals surface area contributed by atoms with Crippen molar-refractivity contribution in [2.24, 2.45) is 0 Å². The smallest absolute Gasteiger partial charge is 0.316 e. The van der Waals surface area contributed by atoms with Crippen LogP contribution in [0.3, 0.4) is 0 Å². The summed E-state index contributed by atoms with van der Waals surface area (Å²) < 4.78 is 5.63. The highest BCUT2D eigenvalue weighted by Crippen LogP contribution is 2.16. The molecule has 0 unspecified atom stereocenters. The molecule has 1 aromatic carbocycles. The fourth-order valence-corrected chi connectivity index (χ4v) is 1.75. The Bertz CT molecular complexity index is 489. The Hall–Kier alpha value is -2.24. The molecule has 0 atom stereocenters. The predicted octanol–water partition coefficient (Wildman–Crippen LogP) is 1.54. The fraction of sp³-hybridized carbons (Fsp3) is 0.500.